The average Bonchev–Trinajstić information content (AvgIpc) is 3.40. The molecule has 8 heteroatoms. The third-order valence-electron chi connectivity index (χ3n) is 4.60. The van der Waals surface area contributed by atoms with Gasteiger partial charge in [0.2, 0.25) is 11.8 Å². The van der Waals surface area contributed by atoms with Crippen molar-refractivity contribution in [1.82, 2.24) is 14.7 Å². The van der Waals surface area contributed by atoms with E-state index >= 15 is 0 Å². The van der Waals surface area contributed by atoms with E-state index in [1.807, 2.05) is 0 Å². The summed E-state index contributed by atoms with van der Waals surface area (Å²) in [6.07, 6.45) is 1.84. The van der Waals surface area contributed by atoms with Crippen LogP contribution in [0.2, 0.25) is 0 Å². The minimum atomic E-state index is -0.212. The van der Waals surface area contributed by atoms with Crippen molar-refractivity contribution >= 4 is 23.5 Å². The molecular weight excluding hydrogens is 336 g/mol. The van der Waals surface area contributed by atoms with Crippen LogP contribution >= 0.6 is 0 Å². The molecule has 1 aromatic rings. The number of amides is 4. The summed E-state index contributed by atoms with van der Waals surface area (Å²) in [5.41, 5.74) is 0.717. The molecule has 4 amide bonds. The molecule has 3 rings (SSSR count). The van der Waals surface area contributed by atoms with E-state index < -0.39 is 0 Å². The lowest BCUT2D eigenvalue weighted by Gasteiger charge is -2.27. The van der Waals surface area contributed by atoms with Crippen molar-refractivity contribution in [2.75, 3.05) is 45.9 Å². The van der Waals surface area contributed by atoms with Crippen LogP contribution in [0.3, 0.4) is 0 Å². The van der Waals surface area contributed by atoms with Gasteiger partial charge >= 0.3 is 6.03 Å². The van der Waals surface area contributed by atoms with Crippen molar-refractivity contribution in [3.63, 3.8) is 0 Å². The third kappa shape index (κ3) is 3.74. The largest absolute Gasteiger partial charge is 0.497 e. The highest BCUT2D eigenvalue weighted by Gasteiger charge is 2.38. The van der Waals surface area contributed by atoms with Crippen LogP contribution in [0.4, 0.5) is 10.5 Å². The lowest BCUT2D eigenvalue weighted by molar-refractivity contribution is -0.132. The fourth-order valence-corrected chi connectivity index (χ4v) is 2.94. The van der Waals surface area contributed by atoms with E-state index in [1.54, 1.807) is 55.3 Å². The molecule has 0 unspecified atom stereocenters. The molecule has 0 spiro atoms. The van der Waals surface area contributed by atoms with Crippen LogP contribution in [0.5, 0.6) is 5.75 Å². The Hall–Kier alpha value is -2.77. The van der Waals surface area contributed by atoms with Crippen molar-refractivity contribution in [3.8, 4) is 5.75 Å². The monoisotopic (exact) mass is 360 g/mol. The Labute approximate surface area is 152 Å². The SMILES string of the molecule is COc1ccc(N2CN(C(=O)CN(C(=O)N(C)C)C3CC3)CC2=O)cc1. The first-order valence-corrected chi connectivity index (χ1v) is 8.61. The number of ether oxygens (including phenoxy) is 1. The zero-order valence-electron chi connectivity index (χ0n) is 15.3. The number of carbonyl (C=O) groups excluding carboxylic acids is 3. The number of carbonyl (C=O) groups is 3. The van der Waals surface area contributed by atoms with Crippen LogP contribution in [0.25, 0.3) is 0 Å². The smallest absolute Gasteiger partial charge is 0.320 e. The van der Waals surface area contributed by atoms with Gasteiger partial charge in [-0.3, -0.25) is 14.5 Å². The van der Waals surface area contributed by atoms with E-state index in [4.69, 9.17) is 4.74 Å². The summed E-state index contributed by atoms with van der Waals surface area (Å²) in [5, 5.41) is 0. The Morgan fingerprint density at radius 2 is 1.85 bits per heavy atom. The summed E-state index contributed by atoms with van der Waals surface area (Å²) >= 11 is 0. The molecule has 2 fully saturated rings. The van der Waals surface area contributed by atoms with Gasteiger partial charge in [0, 0.05) is 25.8 Å². The number of urea groups is 1. The van der Waals surface area contributed by atoms with E-state index in [1.165, 1.54) is 9.80 Å². The Kier molecular flexibility index (Phi) is 5.01. The molecule has 1 aromatic carbocycles. The summed E-state index contributed by atoms with van der Waals surface area (Å²) in [5.74, 6) is 0.354. The Morgan fingerprint density at radius 3 is 2.38 bits per heavy atom. The number of nitrogens with zero attached hydrogens (tertiary/aromatic N) is 4. The zero-order chi connectivity index (χ0) is 18.8. The highest BCUT2D eigenvalue weighted by Crippen LogP contribution is 2.28. The van der Waals surface area contributed by atoms with E-state index in [0.29, 0.717) is 5.75 Å². The molecule has 0 radical (unpaired) electrons. The Bertz CT molecular complexity index is 700. The zero-order valence-corrected chi connectivity index (χ0v) is 15.3. The van der Waals surface area contributed by atoms with Gasteiger partial charge in [0.1, 0.15) is 25.5 Å². The minimum Gasteiger partial charge on any atom is -0.497 e. The van der Waals surface area contributed by atoms with E-state index in [2.05, 4.69) is 0 Å². The van der Waals surface area contributed by atoms with Crippen molar-refractivity contribution in [3.05, 3.63) is 24.3 Å². The van der Waals surface area contributed by atoms with Crippen LogP contribution in [0, 0.1) is 0 Å². The topological polar surface area (TPSA) is 73.4 Å². The summed E-state index contributed by atoms with van der Waals surface area (Å²) in [4.78, 5) is 43.4. The van der Waals surface area contributed by atoms with E-state index in [0.717, 1.165) is 18.5 Å². The number of hydrogen-bond acceptors (Lipinski definition) is 4. The molecule has 1 saturated heterocycles. The Balaban J connectivity index is 1.65. The fraction of sp³-hybridized carbons (Fsp3) is 0.500. The maximum atomic E-state index is 12.7. The minimum absolute atomic E-state index is 0.00537. The second-order valence-corrected chi connectivity index (χ2v) is 6.79. The summed E-state index contributed by atoms with van der Waals surface area (Å²) in [6, 6.07) is 7.09. The van der Waals surface area contributed by atoms with Crippen LogP contribution in [-0.4, -0.2) is 79.6 Å². The van der Waals surface area contributed by atoms with E-state index in [-0.39, 0.29) is 43.6 Å². The number of methoxy groups -OCH3 is 1. The van der Waals surface area contributed by atoms with Gasteiger partial charge in [-0.25, -0.2) is 4.79 Å². The summed E-state index contributed by atoms with van der Waals surface area (Å²) < 4.78 is 5.12. The van der Waals surface area contributed by atoms with Gasteiger partial charge in [-0.1, -0.05) is 0 Å². The van der Waals surface area contributed by atoms with Gasteiger partial charge in [-0.2, -0.15) is 0 Å². The highest BCUT2D eigenvalue weighted by atomic mass is 16.5. The van der Waals surface area contributed by atoms with E-state index in [9.17, 15) is 14.4 Å². The van der Waals surface area contributed by atoms with Gasteiger partial charge in [0.05, 0.1) is 7.11 Å². The van der Waals surface area contributed by atoms with Crippen molar-refractivity contribution < 1.29 is 19.1 Å². The van der Waals surface area contributed by atoms with Crippen molar-refractivity contribution in [2.24, 2.45) is 0 Å². The van der Waals surface area contributed by atoms with Gasteiger partial charge in [0.15, 0.2) is 0 Å². The van der Waals surface area contributed by atoms with Gasteiger partial charge in [0.25, 0.3) is 0 Å². The van der Waals surface area contributed by atoms with Gasteiger partial charge < -0.3 is 19.4 Å². The molecule has 8 nitrogen and oxygen atoms in total. The Morgan fingerprint density at radius 1 is 1.19 bits per heavy atom. The summed E-state index contributed by atoms with van der Waals surface area (Å²) in [6.45, 7) is 0.226. The number of rotatable bonds is 5. The highest BCUT2D eigenvalue weighted by molar-refractivity contribution is 6.00. The molecule has 1 aliphatic carbocycles. The van der Waals surface area contributed by atoms with Crippen LogP contribution in [-0.2, 0) is 9.59 Å². The molecular formula is C18H24N4O4. The lowest BCUT2D eigenvalue weighted by Crippen LogP contribution is -2.47. The first-order valence-electron chi connectivity index (χ1n) is 8.61. The number of anilines is 1. The normalized spacial score (nSPS) is 16.7. The second kappa shape index (κ2) is 7.23. The van der Waals surface area contributed by atoms with Crippen LogP contribution < -0.4 is 9.64 Å². The molecule has 0 N–H and O–H groups in total. The second-order valence-electron chi connectivity index (χ2n) is 6.79. The van der Waals surface area contributed by atoms with Gasteiger partial charge in [-0.15, -0.1) is 0 Å². The lowest BCUT2D eigenvalue weighted by atomic mass is 10.3. The molecule has 0 atom stereocenters. The maximum absolute atomic E-state index is 12.7. The maximum Gasteiger partial charge on any atom is 0.320 e. The molecule has 0 aromatic heterocycles. The first kappa shape index (κ1) is 18.0. The predicted molar refractivity (Wildman–Crippen MR) is 95.9 cm³/mol. The molecule has 2 aliphatic rings. The molecule has 26 heavy (non-hydrogen) atoms. The third-order valence-corrected chi connectivity index (χ3v) is 4.60. The number of benzene rings is 1. The average molecular weight is 360 g/mol. The number of hydrogen-bond donors (Lipinski definition) is 0. The van der Waals surface area contributed by atoms with Crippen molar-refractivity contribution in [2.45, 2.75) is 18.9 Å². The summed E-state index contributed by atoms with van der Waals surface area (Å²) in [7, 11) is 4.93. The van der Waals surface area contributed by atoms with Gasteiger partial charge in [-0.05, 0) is 37.1 Å². The molecule has 140 valence electrons. The quantitative estimate of drug-likeness (QED) is 0.784. The molecule has 1 saturated carbocycles. The molecule has 1 heterocycles. The molecule has 0 bridgehead atoms. The first-order chi connectivity index (χ1) is 12.4. The van der Waals surface area contributed by atoms with Crippen molar-refractivity contribution in [1.29, 1.82) is 0 Å². The van der Waals surface area contributed by atoms with Crippen LogP contribution in [0.1, 0.15) is 12.8 Å². The fourth-order valence-electron chi connectivity index (χ4n) is 2.94. The molecule has 1 aliphatic heterocycles. The standard InChI is InChI=1S/C18H24N4O4/c1-19(2)18(25)21(13-4-5-13)11-16(23)20-10-17(24)22(12-20)14-6-8-15(26-3)9-7-14/h6-9,13H,4-5,10-12H2,1-3H3. The predicted octanol–water partition coefficient (Wildman–Crippen LogP) is 0.974. The van der Waals surface area contributed by atoms with Crippen LogP contribution in [0.15, 0.2) is 24.3 Å².